The Balaban J connectivity index is 1.73. The summed E-state index contributed by atoms with van der Waals surface area (Å²) in [6, 6.07) is 7.90. The summed E-state index contributed by atoms with van der Waals surface area (Å²) in [7, 11) is 0. The fourth-order valence-electron chi connectivity index (χ4n) is 2.70. The second-order valence-corrected chi connectivity index (χ2v) is 5.72. The summed E-state index contributed by atoms with van der Waals surface area (Å²) in [6.07, 6.45) is 1.86. The number of rotatable bonds is 6. The fraction of sp³-hybridized carbons (Fsp3) is 0.588. The highest BCUT2D eigenvalue weighted by Crippen LogP contribution is 2.08. The summed E-state index contributed by atoms with van der Waals surface area (Å²) in [6.45, 7) is 10.9. The third kappa shape index (κ3) is 4.43. The molecule has 0 N–H and O–H groups in total. The lowest BCUT2D eigenvalue weighted by molar-refractivity contribution is 0.0928. The monoisotopic (exact) mass is 274 g/mol. The maximum atomic E-state index is 12.1. The van der Waals surface area contributed by atoms with Gasteiger partial charge < -0.3 is 9.80 Å². The van der Waals surface area contributed by atoms with Gasteiger partial charge in [0.05, 0.1) is 0 Å². The first kappa shape index (κ1) is 15.2. The van der Waals surface area contributed by atoms with Crippen LogP contribution in [0.1, 0.15) is 35.7 Å². The summed E-state index contributed by atoms with van der Waals surface area (Å²) < 4.78 is 0. The van der Waals surface area contributed by atoms with Gasteiger partial charge in [0.25, 0.3) is 0 Å². The number of hydrogen-bond donors (Lipinski definition) is 0. The van der Waals surface area contributed by atoms with Crippen LogP contribution >= 0.6 is 0 Å². The molecule has 2 rings (SSSR count). The third-order valence-corrected chi connectivity index (χ3v) is 4.03. The van der Waals surface area contributed by atoms with E-state index in [4.69, 9.17) is 0 Å². The molecule has 0 saturated carbocycles. The van der Waals surface area contributed by atoms with Gasteiger partial charge in [-0.3, -0.25) is 4.79 Å². The van der Waals surface area contributed by atoms with Crippen LogP contribution in [0.25, 0.3) is 0 Å². The van der Waals surface area contributed by atoms with Crippen LogP contribution in [-0.2, 0) is 0 Å². The zero-order valence-corrected chi connectivity index (χ0v) is 12.8. The number of carbonyl (C=O) groups is 1. The van der Waals surface area contributed by atoms with Gasteiger partial charge in [-0.2, -0.15) is 0 Å². The lowest BCUT2D eigenvalue weighted by Crippen LogP contribution is -2.46. The van der Waals surface area contributed by atoms with E-state index in [1.165, 1.54) is 18.5 Å². The predicted molar refractivity (Wildman–Crippen MR) is 83.3 cm³/mol. The van der Waals surface area contributed by atoms with Crippen molar-refractivity contribution in [3.05, 3.63) is 35.4 Å². The molecule has 0 aromatic heterocycles. The molecule has 0 amide bonds. The molecule has 0 atom stereocenters. The first-order valence-corrected chi connectivity index (χ1v) is 7.73. The maximum Gasteiger partial charge on any atom is 0.164 e. The Morgan fingerprint density at radius 1 is 1.00 bits per heavy atom. The Morgan fingerprint density at radius 3 is 2.10 bits per heavy atom. The Bertz CT molecular complexity index is 419. The minimum Gasteiger partial charge on any atom is -0.301 e. The molecule has 0 spiro atoms. The number of carbonyl (C=O) groups excluding carboxylic acids is 1. The normalized spacial score (nSPS) is 17.3. The van der Waals surface area contributed by atoms with E-state index in [9.17, 15) is 4.79 Å². The van der Waals surface area contributed by atoms with Crippen molar-refractivity contribution in [2.75, 3.05) is 39.3 Å². The van der Waals surface area contributed by atoms with E-state index in [2.05, 4.69) is 16.7 Å². The van der Waals surface area contributed by atoms with Crippen molar-refractivity contribution in [3.63, 3.8) is 0 Å². The van der Waals surface area contributed by atoms with E-state index in [1.807, 2.05) is 31.2 Å². The molecule has 0 radical (unpaired) electrons. The highest BCUT2D eigenvalue weighted by molar-refractivity contribution is 5.96. The average molecular weight is 274 g/mol. The van der Waals surface area contributed by atoms with Crippen molar-refractivity contribution in [1.29, 1.82) is 0 Å². The standard InChI is InChI=1S/C17H26N2O/c1-3-9-18-11-13-19(14-12-18)10-8-17(20)16-6-4-15(2)5-7-16/h4-7H,3,8-14H2,1-2H3. The first-order chi connectivity index (χ1) is 9.69. The van der Waals surface area contributed by atoms with E-state index in [-0.39, 0.29) is 5.78 Å². The Kier molecular flexibility index (Phi) is 5.74. The van der Waals surface area contributed by atoms with Crippen LogP contribution in [-0.4, -0.2) is 54.9 Å². The first-order valence-electron chi connectivity index (χ1n) is 7.73. The molecule has 1 aromatic rings. The number of piperazine rings is 1. The molecule has 1 aromatic carbocycles. The van der Waals surface area contributed by atoms with E-state index in [0.29, 0.717) is 6.42 Å². The lowest BCUT2D eigenvalue weighted by Gasteiger charge is -2.34. The van der Waals surface area contributed by atoms with Gasteiger partial charge in [0.15, 0.2) is 5.78 Å². The maximum absolute atomic E-state index is 12.1. The molecule has 1 fully saturated rings. The van der Waals surface area contributed by atoms with E-state index < -0.39 is 0 Å². The second-order valence-electron chi connectivity index (χ2n) is 5.72. The molecule has 20 heavy (non-hydrogen) atoms. The molecule has 3 heteroatoms. The summed E-state index contributed by atoms with van der Waals surface area (Å²) >= 11 is 0. The minimum atomic E-state index is 0.265. The van der Waals surface area contributed by atoms with E-state index >= 15 is 0 Å². The number of aryl methyl sites for hydroxylation is 1. The summed E-state index contributed by atoms with van der Waals surface area (Å²) in [5, 5.41) is 0. The number of hydrogen-bond acceptors (Lipinski definition) is 3. The predicted octanol–water partition coefficient (Wildman–Crippen LogP) is 2.60. The molecule has 1 saturated heterocycles. The van der Waals surface area contributed by atoms with Gasteiger partial charge in [-0.05, 0) is 19.9 Å². The van der Waals surface area contributed by atoms with Crippen LogP contribution in [0.5, 0.6) is 0 Å². The minimum absolute atomic E-state index is 0.265. The van der Waals surface area contributed by atoms with Crippen molar-refractivity contribution in [2.45, 2.75) is 26.7 Å². The molecule has 1 heterocycles. The third-order valence-electron chi connectivity index (χ3n) is 4.03. The number of ketones is 1. The molecule has 0 aliphatic carbocycles. The summed E-state index contributed by atoms with van der Waals surface area (Å²) in [5.41, 5.74) is 2.05. The summed E-state index contributed by atoms with van der Waals surface area (Å²) in [4.78, 5) is 17.1. The molecule has 110 valence electrons. The molecule has 0 unspecified atom stereocenters. The van der Waals surface area contributed by atoms with Crippen LogP contribution in [0.15, 0.2) is 24.3 Å². The average Bonchev–Trinajstić information content (AvgIpc) is 2.47. The van der Waals surface area contributed by atoms with Crippen molar-refractivity contribution in [1.82, 2.24) is 9.80 Å². The Hall–Kier alpha value is -1.19. The molecule has 0 bridgehead atoms. The summed E-state index contributed by atoms with van der Waals surface area (Å²) in [5.74, 6) is 0.265. The second kappa shape index (κ2) is 7.55. The number of Topliss-reactive ketones (excluding diaryl/α,β-unsaturated/α-hetero) is 1. The van der Waals surface area contributed by atoms with Gasteiger partial charge in [-0.15, -0.1) is 0 Å². The largest absolute Gasteiger partial charge is 0.301 e. The molecular formula is C17H26N2O. The lowest BCUT2D eigenvalue weighted by atomic mass is 10.1. The van der Waals surface area contributed by atoms with Crippen molar-refractivity contribution in [3.8, 4) is 0 Å². The SMILES string of the molecule is CCCN1CCN(CCC(=O)c2ccc(C)cc2)CC1. The van der Waals surface area contributed by atoms with Gasteiger partial charge in [0.1, 0.15) is 0 Å². The fourth-order valence-corrected chi connectivity index (χ4v) is 2.70. The van der Waals surface area contributed by atoms with Crippen molar-refractivity contribution in [2.24, 2.45) is 0 Å². The zero-order valence-electron chi connectivity index (χ0n) is 12.8. The van der Waals surface area contributed by atoms with E-state index in [1.54, 1.807) is 0 Å². The molecule has 1 aliphatic rings. The smallest absolute Gasteiger partial charge is 0.164 e. The van der Waals surface area contributed by atoms with Crippen molar-refractivity contribution >= 4 is 5.78 Å². The van der Waals surface area contributed by atoms with Crippen LogP contribution in [0.3, 0.4) is 0 Å². The Labute approximate surface area is 122 Å². The van der Waals surface area contributed by atoms with Crippen LogP contribution in [0.4, 0.5) is 0 Å². The van der Waals surface area contributed by atoms with Crippen molar-refractivity contribution < 1.29 is 4.79 Å². The topological polar surface area (TPSA) is 23.6 Å². The van der Waals surface area contributed by atoms with Crippen LogP contribution < -0.4 is 0 Å². The molecular weight excluding hydrogens is 248 g/mol. The van der Waals surface area contributed by atoms with Crippen LogP contribution in [0.2, 0.25) is 0 Å². The van der Waals surface area contributed by atoms with Gasteiger partial charge in [-0.1, -0.05) is 36.8 Å². The number of benzene rings is 1. The Morgan fingerprint density at radius 2 is 1.55 bits per heavy atom. The van der Waals surface area contributed by atoms with Crippen LogP contribution in [0, 0.1) is 6.92 Å². The van der Waals surface area contributed by atoms with E-state index in [0.717, 1.165) is 38.3 Å². The quantitative estimate of drug-likeness (QED) is 0.745. The molecule has 3 nitrogen and oxygen atoms in total. The molecule has 1 aliphatic heterocycles. The highest BCUT2D eigenvalue weighted by atomic mass is 16.1. The van der Waals surface area contributed by atoms with Gasteiger partial charge in [0, 0.05) is 44.7 Å². The number of nitrogens with zero attached hydrogens (tertiary/aromatic N) is 2. The van der Waals surface area contributed by atoms with Gasteiger partial charge in [0.2, 0.25) is 0 Å². The van der Waals surface area contributed by atoms with Gasteiger partial charge in [-0.25, -0.2) is 0 Å². The van der Waals surface area contributed by atoms with Gasteiger partial charge >= 0.3 is 0 Å². The zero-order chi connectivity index (χ0) is 14.4. The highest BCUT2D eigenvalue weighted by Gasteiger charge is 2.16.